The molecule has 1 aliphatic carbocycles. The van der Waals surface area contributed by atoms with Gasteiger partial charge in [0.1, 0.15) is 29.4 Å². The SMILES string of the molecule is CCc1ccc(CN2C(=O)C[C@@H]([C@@H]3CCc4ccccc43)C(=O)N(C)C[C@H](Cc3ccc(Cl)cc3)N(C)C(=O)[C@H](CO)NC(=O)[C@@H]2C)c(Oc2ccc(-c3cnc(CN(C)C)n3C)cc2)c1. The lowest BCUT2D eigenvalue weighted by molar-refractivity contribution is -0.148. The average molecular weight is 917 g/mol. The van der Waals surface area contributed by atoms with Crippen molar-refractivity contribution in [2.24, 2.45) is 13.0 Å². The Morgan fingerprint density at radius 1 is 0.894 bits per heavy atom. The number of ether oxygens (including phenoxy) is 1. The number of hydrogen-bond donors (Lipinski definition) is 2. The number of aromatic nitrogens is 2. The van der Waals surface area contributed by atoms with Crippen LogP contribution in [0.4, 0.5) is 0 Å². The lowest BCUT2D eigenvalue weighted by Crippen LogP contribution is -2.58. The molecule has 1 aliphatic heterocycles. The molecule has 0 spiro atoms. The van der Waals surface area contributed by atoms with E-state index in [4.69, 9.17) is 16.3 Å². The molecule has 4 aromatic carbocycles. The molecule has 2 N–H and O–H groups in total. The first-order chi connectivity index (χ1) is 31.6. The number of aliphatic hydroxyl groups is 1. The first-order valence-corrected chi connectivity index (χ1v) is 23.1. The van der Waals surface area contributed by atoms with Crippen molar-refractivity contribution >= 4 is 35.2 Å². The zero-order valence-electron chi connectivity index (χ0n) is 39.0. The number of nitrogens with zero attached hydrogens (tertiary/aromatic N) is 6. The summed E-state index contributed by atoms with van der Waals surface area (Å²) in [5, 5.41) is 13.9. The standard InChI is InChI=1S/C52H62ClN7O6/c1-8-34-13-16-38(47(26-34)66-41-22-17-37(18-23-41)46-28-54-48(59(46)7)31-56(3)4)29-60-33(2)50(63)55-45(32-61)52(65)58(6)40(25-35-14-20-39(53)21-15-35)30-57(5)51(64)44(27-49(60)62)43-24-19-36-11-9-10-12-42(36)43/h9-18,20-23,26,28,33,40,43-45,61H,8,19,24-25,27,29-32H2,1-7H3,(H,55,63)/t33-,40-,43+,44-,45-/m0/s1. The monoisotopic (exact) mass is 915 g/mol. The van der Waals surface area contributed by atoms with Crippen LogP contribution in [0.3, 0.4) is 0 Å². The molecule has 0 saturated carbocycles. The maximum absolute atomic E-state index is 15.1. The summed E-state index contributed by atoms with van der Waals surface area (Å²) >= 11 is 6.21. The summed E-state index contributed by atoms with van der Waals surface area (Å²) in [6.07, 6.45) is 4.27. The molecule has 1 saturated heterocycles. The van der Waals surface area contributed by atoms with E-state index in [0.29, 0.717) is 41.5 Å². The highest BCUT2D eigenvalue weighted by atomic mass is 35.5. The molecule has 5 atom stereocenters. The predicted octanol–water partition coefficient (Wildman–Crippen LogP) is 6.63. The number of carbonyl (C=O) groups is 4. The number of carbonyl (C=O) groups excluding carboxylic acids is 4. The number of nitrogens with one attached hydrogen (secondary N) is 1. The summed E-state index contributed by atoms with van der Waals surface area (Å²) in [4.78, 5) is 70.0. The first-order valence-electron chi connectivity index (χ1n) is 22.8. The number of amides is 4. The van der Waals surface area contributed by atoms with E-state index in [0.717, 1.165) is 52.2 Å². The Bertz CT molecular complexity index is 2530. The fourth-order valence-electron chi connectivity index (χ4n) is 9.30. The van der Waals surface area contributed by atoms with Crippen LogP contribution in [0.1, 0.15) is 66.2 Å². The topological polar surface area (TPSA) is 141 Å². The van der Waals surface area contributed by atoms with Gasteiger partial charge >= 0.3 is 0 Å². The number of benzene rings is 4. The summed E-state index contributed by atoms with van der Waals surface area (Å²) in [5.74, 6) is -0.721. The molecular weight excluding hydrogens is 854 g/mol. The average Bonchev–Trinajstić information content (AvgIpc) is 3.91. The van der Waals surface area contributed by atoms with Gasteiger partial charge in [-0.1, -0.05) is 67.1 Å². The second-order valence-electron chi connectivity index (χ2n) is 18.0. The van der Waals surface area contributed by atoms with Crippen molar-refractivity contribution in [3.63, 3.8) is 0 Å². The Kier molecular flexibility index (Phi) is 15.3. The van der Waals surface area contributed by atoms with Crippen LogP contribution in [-0.2, 0) is 58.6 Å². The molecule has 1 aromatic heterocycles. The van der Waals surface area contributed by atoms with Gasteiger partial charge in [0.25, 0.3) is 0 Å². The van der Waals surface area contributed by atoms with Crippen LogP contribution in [0, 0.1) is 5.92 Å². The largest absolute Gasteiger partial charge is 0.457 e. The van der Waals surface area contributed by atoms with Crippen LogP contribution in [0.5, 0.6) is 11.5 Å². The molecule has 2 heterocycles. The summed E-state index contributed by atoms with van der Waals surface area (Å²) in [6, 6.07) is 26.0. The summed E-state index contributed by atoms with van der Waals surface area (Å²) in [5.41, 5.74) is 6.69. The number of aryl methyl sites for hydroxylation is 2. The van der Waals surface area contributed by atoms with Gasteiger partial charge in [-0.15, -0.1) is 0 Å². The molecule has 0 unspecified atom stereocenters. The molecule has 4 amide bonds. The Balaban J connectivity index is 1.23. The van der Waals surface area contributed by atoms with Crippen molar-refractivity contribution in [2.45, 2.75) is 83.1 Å². The normalized spacial score (nSPS) is 21.0. The third kappa shape index (κ3) is 10.8. The van der Waals surface area contributed by atoms with Gasteiger partial charge in [-0.3, -0.25) is 19.2 Å². The number of likely N-dealkylation sites (N-methyl/N-ethyl adjacent to an activating group) is 2. The van der Waals surface area contributed by atoms with Crippen LogP contribution in [0.25, 0.3) is 11.3 Å². The van der Waals surface area contributed by atoms with Gasteiger partial charge < -0.3 is 39.3 Å². The minimum atomic E-state index is -1.31. The van der Waals surface area contributed by atoms with Crippen molar-refractivity contribution in [1.29, 1.82) is 0 Å². The van der Waals surface area contributed by atoms with E-state index >= 15 is 9.59 Å². The molecule has 5 aromatic rings. The van der Waals surface area contributed by atoms with Gasteiger partial charge in [-0.05, 0) is 117 Å². The van der Waals surface area contributed by atoms with Crippen LogP contribution in [0.2, 0.25) is 5.02 Å². The van der Waals surface area contributed by atoms with Crippen molar-refractivity contribution in [3.05, 3.63) is 136 Å². The lowest BCUT2D eigenvalue weighted by Gasteiger charge is -2.38. The zero-order valence-corrected chi connectivity index (χ0v) is 39.8. The Labute approximate surface area is 393 Å². The summed E-state index contributed by atoms with van der Waals surface area (Å²) in [6.45, 7) is 3.80. The molecule has 13 nitrogen and oxygen atoms in total. The minimum Gasteiger partial charge on any atom is -0.457 e. The highest BCUT2D eigenvalue weighted by Crippen LogP contribution is 2.41. The Morgan fingerprint density at radius 3 is 2.30 bits per heavy atom. The Hall–Kier alpha value is -6.02. The number of aliphatic hydroxyl groups excluding tert-OH is 1. The van der Waals surface area contributed by atoms with Gasteiger partial charge in [0.15, 0.2) is 0 Å². The minimum absolute atomic E-state index is 0.0344. The maximum Gasteiger partial charge on any atom is 0.247 e. The van der Waals surface area contributed by atoms with E-state index in [-0.39, 0.29) is 31.3 Å². The molecule has 66 heavy (non-hydrogen) atoms. The van der Waals surface area contributed by atoms with Crippen LogP contribution < -0.4 is 10.1 Å². The third-order valence-corrected chi connectivity index (χ3v) is 13.5. The molecule has 7 rings (SSSR count). The number of hydrogen-bond acceptors (Lipinski definition) is 8. The van der Waals surface area contributed by atoms with E-state index in [9.17, 15) is 14.7 Å². The quantitative estimate of drug-likeness (QED) is 0.142. The smallest absolute Gasteiger partial charge is 0.247 e. The van der Waals surface area contributed by atoms with Crippen LogP contribution in [-0.4, -0.2) is 117 Å². The van der Waals surface area contributed by atoms with Crippen LogP contribution >= 0.6 is 11.6 Å². The lowest BCUT2D eigenvalue weighted by atomic mass is 9.83. The van der Waals surface area contributed by atoms with Crippen LogP contribution in [0.15, 0.2) is 97.2 Å². The highest BCUT2D eigenvalue weighted by molar-refractivity contribution is 6.30. The molecular formula is C52H62ClN7O6. The number of imidazole rings is 1. The van der Waals surface area contributed by atoms with Gasteiger partial charge in [0.2, 0.25) is 23.6 Å². The van der Waals surface area contributed by atoms with E-state index in [1.54, 1.807) is 38.1 Å². The molecule has 348 valence electrons. The van der Waals surface area contributed by atoms with E-state index < -0.39 is 48.4 Å². The maximum atomic E-state index is 15.1. The van der Waals surface area contributed by atoms with Crippen molar-refractivity contribution < 1.29 is 29.0 Å². The van der Waals surface area contributed by atoms with Crippen molar-refractivity contribution in [1.82, 2.24) is 34.5 Å². The predicted molar refractivity (Wildman–Crippen MR) is 256 cm³/mol. The molecule has 1 fully saturated rings. The van der Waals surface area contributed by atoms with Gasteiger partial charge in [-0.25, -0.2) is 4.98 Å². The fourth-order valence-corrected chi connectivity index (χ4v) is 9.43. The summed E-state index contributed by atoms with van der Waals surface area (Å²) < 4.78 is 8.69. The van der Waals surface area contributed by atoms with E-state index in [1.807, 2.05) is 100 Å². The second-order valence-corrected chi connectivity index (χ2v) is 18.5. The van der Waals surface area contributed by atoms with Crippen molar-refractivity contribution in [3.8, 4) is 22.8 Å². The molecule has 0 radical (unpaired) electrons. The summed E-state index contributed by atoms with van der Waals surface area (Å²) in [7, 11) is 9.36. The number of fused-ring (bicyclic) bond motifs is 1. The third-order valence-electron chi connectivity index (χ3n) is 13.3. The molecule has 0 bridgehead atoms. The van der Waals surface area contributed by atoms with E-state index in [2.05, 4.69) is 32.8 Å². The number of halogens is 1. The second kappa shape index (κ2) is 21.1. The van der Waals surface area contributed by atoms with Gasteiger partial charge in [-0.2, -0.15) is 0 Å². The molecule has 14 heteroatoms. The van der Waals surface area contributed by atoms with E-state index in [1.165, 1.54) is 9.80 Å². The Morgan fingerprint density at radius 2 is 1.61 bits per heavy atom. The van der Waals surface area contributed by atoms with Crippen molar-refractivity contribution in [2.75, 3.05) is 41.3 Å². The molecule has 2 aliphatic rings. The highest BCUT2D eigenvalue weighted by Gasteiger charge is 2.41. The zero-order chi connectivity index (χ0) is 47.2. The van der Waals surface area contributed by atoms with Gasteiger partial charge in [0.05, 0.1) is 43.5 Å². The fraction of sp³-hybridized carbons (Fsp3) is 0.404. The van der Waals surface area contributed by atoms with Gasteiger partial charge in [0, 0.05) is 50.3 Å². The number of rotatable bonds is 12. The first kappa shape index (κ1) is 47.9.